The van der Waals surface area contributed by atoms with E-state index in [2.05, 4.69) is 5.10 Å². The molecule has 3 aromatic carbocycles. The second kappa shape index (κ2) is 9.70. The molecule has 4 aromatic rings. The molecule has 1 atom stereocenters. The average molecular weight is 485 g/mol. The Labute approximate surface area is 198 Å². The summed E-state index contributed by atoms with van der Waals surface area (Å²) >= 11 is 12.6. The summed E-state index contributed by atoms with van der Waals surface area (Å²) in [5.74, 6) is -0.719. The normalized spacial score (nSPS) is 12.0. The minimum atomic E-state index is -0.800. The van der Waals surface area contributed by atoms with Crippen LogP contribution < -0.4 is 17.0 Å². The third-order valence-corrected chi connectivity index (χ3v) is 5.91. The number of benzene rings is 3. The Hall–Kier alpha value is -3.26. The van der Waals surface area contributed by atoms with E-state index in [9.17, 15) is 14.0 Å². The summed E-state index contributed by atoms with van der Waals surface area (Å²) in [5.41, 5.74) is 5.80. The van der Waals surface area contributed by atoms with Gasteiger partial charge in [-0.25, -0.2) is 18.4 Å². The van der Waals surface area contributed by atoms with Crippen LogP contribution >= 0.6 is 23.2 Å². The summed E-state index contributed by atoms with van der Waals surface area (Å²) < 4.78 is 16.4. The predicted octanol–water partition coefficient (Wildman–Crippen LogP) is 4.13. The zero-order valence-corrected chi connectivity index (χ0v) is 18.8. The van der Waals surface area contributed by atoms with Crippen molar-refractivity contribution in [1.82, 2.24) is 14.3 Å². The van der Waals surface area contributed by atoms with Gasteiger partial charge in [-0.15, -0.1) is 0 Å². The van der Waals surface area contributed by atoms with E-state index in [-0.39, 0.29) is 24.3 Å². The van der Waals surface area contributed by atoms with Gasteiger partial charge < -0.3 is 5.73 Å². The maximum absolute atomic E-state index is 14.6. The van der Waals surface area contributed by atoms with Gasteiger partial charge in [0.25, 0.3) is 5.56 Å². The van der Waals surface area contributed by atoms with E-state index in [4.69, 9.17) is 28.9 Å². The minimum Gasteiger partial charge on any atom is -0.322 e. The van der Waals surface area contributed by atoms with Crippen LogP contribution in [0.5, 0.6) is 0 Å². The molecule has 1 aromatic heterocycles. The molecule has 0 bridgehead atoms. The van der Waals surface area contributed by atoms with E-state index in [1.165, 1.54) is 24.3 Å². The van der Waals surface area contributed by atoms with Crippen LogP contribution in [0.3, 0.4) is 0 Å². The van der Waals surface area contributed by atoms with Gasteiger partial charge in [-0.2, -0.15) is 5.10 Å². The summed E-state index contributed by atoms with van der Waals surface area (Å²) in [6.07, 6.45) is -0.0490. The molecule has 0 spiro atoms. The van der Waals surface area contributed by atoms with Crippen molar-refractivity contribution >= 4 is 23.2 Å². The number of nitrogens with two attached hydrogens (primary N) is 1. The van der Waals surface area contributed by atoms with Gasteiger partial charge in [-0.3, -0.25) is 4.79 Å². The monoisotopic (exact) mass is 484 g/mol. The van der Waals surface area contributed by atoms with Gasteiger partial charge in [0.15, 0.2) is 0 Å². The van der Waals surface area contributed by atoms with Crippen LogP contribution in [0, 0.1) is 5.82 Å². The molecule has 0 radical (unpaired) electrons. The van der Waals surface area contributed by atoms with E-state index in [0.29, 0.717) is 15.6 Å². The highest BCUT2D eigenvalue weighted by molar-refractivity contribution is 6.36. The molecule has 0 aliphatic heterocycles. The van der Waals surface area contributed by atoms with Crippen LogP contribution in [0.2, 0.25) is 10.0 Å². The number of rotatable bonds is 6. The number of aromatic nitrogens is 3. The van der Waals surface area contributed by atoms with E-state index < -0.39 is 23.1 Å². The molecule has 0 saturated carbocycles. The Kier molecular flexibility index (Phi) is 6.74. The average Bonchev–Trinajstić information content (AvgIpc) is 2.81. The van der Waals surface area contributed by atoms with E-state index >= 15 is 0 Å². The summed E-state index contributed by atoms with van der Waals surface area (Å²) in [4.78, 5) is 26.5. The van der Waals surface area contributed by atoms with Crippen LogP contribution in [0.15, 0.2) is 82.4 Å². The molecular formula is C24H19Cl2FN4O2. The van der Waals surface area contributed by atoms with Crippen LogP contribution in [-0.2, 0) is 13.0 Å². The van der Waals surface area contributed by atoms with Crippen molar-refractivity contribution in [2.24, 2.45) is 5.73 Å². The lowest BCUT2D eigenvalue weighted by Crippen LogP contribution is -2.44. The Bertz CT molecular complexity index is 1400. The smallest absolute Gasteiger partial charge is 0.322 e. The number of nitrogens with zero attached hydrogens (tertiary/aromatic N) is 3. The summed E-state index contributed by atoms with van der Waals surface area (Å²) in [6, 6.07) is 19.1. The molecular weight excluding hydrogens is 466 g/mol. The lowest BCUT2D eigenvalue weighted by Gasteiger charge is -2.16. The van der Waals surface area contributed by atoms with Crippen molar-refractivity contribution in [2.45, 2.75) is 19.0 Å². The first-order chi connectivity index (χ1) is 15.9. The molecule has 33 heavy (non-hydrogen) atoms. The van der Waals surface area contributed by atoms with Gasteiger partial charge >= 0.3 is 5.69 Å². The molecule has 9 heteroatoms. The fourth-order valence-electron chi connectivity index (χ4n) is 3.50. The number of hydrogen-bond acceptors (Lipinski definition) is 4. The van der Waals surface area contributed by atoms with Gasteiger partial charge in [-0.1, -0.05) is 71.7 Å². The van der Waals surface area contributed by atoms with Crippen molar-refractivity contribution in [3.63, 3.8) is 0 Å². The van der Waals surface area contributed by atoms with Crippen molar-refractivity contribution in [3.05, 3.63) is 126 Å². The summed E-state index contributed by atoms with van der Waals surface area (Å²) in [6.45, 7) is -0.0270. The second-order valence-corrected chi connectivity index (χ2v) is 8.21. The molecule has 168 valence electrons. The van der Waals surface area contributed by atoms with Crippen LogP contribution in [0.4, 0.5) is 4.39 Å². The lowest BCUT2D eigenvalue weighted by molar-refractivity contribution is 0.467. The molecule has 0 amide bonds. The Morgan fingerprint density at radius 1 is 0.909 bits per heavy atom. The highest BCUT2D eigenvalue weighted by Crippen LogP contribution is 2.25. The predicted molar refractivity (Wildman–Crippen MR) is 127 cm³/mol. The van der Waals surface area contributed by atoms with Gasteiger partial charge in [0.2, 0.25) is 0 Å². The van der Waals surface area contributed by atoms with Gasteiger partial charge in [0.1, 0.15) is 11.5 Å². The quantitative estimate of drug-likeness (QED) is 0.445. The molecule has 0 aliphatic carbocycles. The zero-order chi connectivity index (χ0) is 23.5. The fourth-order valence-corrected chi connectivity index (χ4v) is 4.03. The largest absolute Gasteiger partial charge is 0.352 e. The Morgan fingerprint density at radius 3 is 2.21 bits per heavy atom. The third-order valence-electron chi connectivity index (χ3n) is 5.20. The second-order valence-electron chi connectivity index (χ2n) is 7.40. The first kappa shape index (κ1) is 22.9. The topological polar surface area (TPSA) is 82.9 Å². The van der Waals surface area contributed by atoms with E-state index in [0.717, 1.165) is 14.8 Å². The molecule has 2 N–H and O–H groups in total. The first-order valence-corrected chi connectivity index (χ1v) is 10.8. The molecule has 6 nitrogen and oxygen atoms in total. The summed E-state index contributed by atoms with van der Waals surface area (Å²) in [7, 11) is 0. The maximum Gasteiger partial charge on any atom is 0.352 e. The molecule has 1 heterocycles. The molecule has 4 rings (SSSR count). The lowest BCUT2D eigenvalue weighted by atomic mass is 10.1. The molecule has 0 saturated heterocycles. The van der Waals surface area contributed by atoms with E-state index in [1.54, 1.807) is 18.2 Å². The van der Waals surface area contributed by atoms with E-state index in [1.807, 2.05) is 30.3 Å². The highest BCUT2D eigenvalue weighted by Gasteiger charge is 2.20. The molecule has 1 unspecified atom stereocenters. The Morgan fingerprint density at radius 2 is 1.55 bits per heavy atom. The van der Waals surface area contributed by atoms with Crippen molar-refractivity contribution < 1.29 is 4.39 Å². The van der Waals surface area contributed by atoms with Crippen LogP contribution in [0.1, 0.15) is 22.9 Å². The maximum atomic E-state index is 14.6. The SMILES string of the molecule is NC(Cn1nc(Cc2c(Cl)cccc2Cl)c(=O)n(-c2ccccc2F)c1=O)c1ccccc1. The van der Waals surface area contributed by atoms with Crippen LogP contribution in [-0.4, -0.2) is 14.3 Å². The number of halogens is 3. The molecule has 0 fully saturated rings. The van der Waals surface area contributed by atoms with Gasteiger partial charge in [0, 0.05) is 22.5 Å². The first-order valence-electron chi connectivity index (χ1n) is 10.1. The summed E-state index contributed by atoms with van der Waals surface area (Å²) in [5, 5.41) is 4.98. The Balaban J connectivity index is 1.89. The number of para-hydroxylation sites is 1. The highest BCUT2D eigenvalue weighted by atomic mass is 35.5. The third kappa shape index (κ3) is 4.75. The van der Waals surface area contributed by atoms with Crippen LogP contribution in [0.25, 0.3) is 5.69 Å². The zero-order valence-electron chi connectivity index (χ0n) is 17.3. The van der Waals surface area contributed by atoms with Crippen molar-refractivity contribution in [3.8, 4) is 5.69 Å². The van der Waals surface area contributed by atoms with Crippen molar-refractivity contribution in [2.75, 3.05) is 0 Å². The minimum absolute atomic E-state index is 0.0203. The van der Waals surface area contributed by atoms with Gasteiger partial charge in [0.05, 0.1) is 12.2 Å². The van der Waals surface area contributed by atoms with Gasteiger partial charge in [-0.05, 0) is 35.4 Å². The fraction of sp³-hybridized carbons (Fsp3) is 0.125. The van der Waals surface area contributed by atoms with Crippen molar-refractivity contribution in [1.29, 1.82) is 0 Å². The number of hydrogen-bond donors (Lipinski definition) is 1. The molecule has 0 aliphatic rings. The standard InChI is InChI=1S/C24H19Cl2FN4O2/c25-17-9-6-10-18(26)16(17)13-21-23(32)31(22-12-5-4-11-19(22)27)24(33)30(29-21)14-20(28)15-7-2-1-3-8-15/h1-12,20H,13-14,28H2.